The standard InChI is InChI=1S/C20H22O5/c1-13-11-15(22-2)12-18(24-4)19(13)16(21)10-9-14-7-6-8-17(23-3)20(14)25-5/h6-12H,1-5H3/b10-9+. The van der Waals surface area contributed by atoms with Crippen LogP contribution < -0.4 is 18.9 Å². The second-order valence-electron chi connectivity index (χ2n) is 5.30. The van der Waals surface area contributed by atoms with Gasteiger partial charge in [0.15, 0.2) is 17.3 Å². The first-order chi connectivity index (χ1) is 12.0. The fraction of sp³-hybridized carbons (Fsp3) is 0.250. The maximum absolute atomic E-state index is 12.7. The number of para-hydroxylation sites is 1. The summed E-state index contributed by atoms with van der Waals surface area (Å²) in [6, 6.07) is 8.98. The largest absolute Gasteiger partial charge is 0.497 e. The molecule has 2 rings (SSSR count). The van der Waals surface area contributed by atoms with Crippen LogP contribution in [-0.2, 0) is 0 Å². The van der Waals surface area contributed by atoms with E-state index in [2.05, 4.69) is 0 Å². The number of hydrogen-bond acceptors (Lipinski definition) is 5. The first kappa shape index (κ1) is 18.4. The smallest absolute Gasteiger partial charge is 0.189 e. The maximum atomic E-state index is 12.7. The van der Waals surface area contributed by atoms with Gasteiger partial charge in [0.2, 0.25) is 0 Å². The number of carbonyl (C=O) groups excluding carboxylic acids is 1. The molecule has 2 aromatic carbocycles. The number of rotatable bonds is 7. The molecule has 0 bridgehead atoms. The highest BCUT2D eigenvalue weighted by Gasteiger charge is 2.15. The van der Waals surface area contributed by atoms with Crippen LogP contribution in [0.2, 0.25) is 0 Å². The molecule has 0 heterocycles. The van der Waals surface area contributed by atoms with Gasteiger partial charge in [-0.25, -0.2) is 0 Å². The number of carbonyl (C=O) groups is 1. The predicted octanol–water partition coefficient (Wildman–Crippen LogP) is 3.93. The van der Waals surface area contributed by atoms with Crippen LogP contribution in [0.15, 0.2) is 36.4 Å². The summed E-state index contributed by atoms with van der Waals surface area (Å²) in [5, 5.41) is 0. The molecule has 132 valence electrons. The summed E-state index contributed by atoms with van der Waals surface area (Å²) >= 11 is 0. The molecule has 0 saturated carbocycles. The van der Waals surface area contributed by atoms with Crippen LogP contribution in [0.5, 0.6) is 23.0 Å². The summed E-state index contributed by atoms with van der Waals surface area (Å²) < 4.78 is 21.2. The molecule has 5 nitrogen and oxygen atoms in total. The van der Waals surface area contributed by atoms with Crippen molar-refractivity contribution < 1.29 is 23.7 Å². The first-order valence-corrected chi connectivity index (χ1v) is 7.71. The molecular weight excluding hydrogens is 320 g/mol. The lowest BCUT2D eigenvalue weighted by molar-refractivity contribution is 0.104. The Balaban J connectivity index is 2.39. The molecule has 0 atom stereocenters. The van der Waals surface area contributed by atoms with Gasteiger partial charge >= 0.3 is 0 Å². The molecule has 25 heavy (non-hydrogen) atoms. The van der Waals surface area contributed by atoms with Crippen molar-refractivity contribution in [1.29, 1.82) is 0 Å². The molecule has 5 heteroatoms. The maximum Gasteiger partial charge on any atom is 0.189 e. The lowest BCUT2D eigenvalue weighted by Crippen LogP contribution is -2.03. The zero-order chi connectivity index (χ0) is 18.4. The summed E-state index contributed by atoms with van der Waals surface area (Å²) in [4.78, 5) is 12.7. The SMILES string of the molecule is COc1cc(C)c(C(=O)/C=C/c2cccc(OC)c2OC)c(OC)c1. The van der Waals surface area contributed by atoms with E-state index in [-0.39, 0.29) is 5.78 Å². The molecule has 0 saturated heterocycles. The summed E-state index contributed by atoms with van der Waals surface area (Å²) in [6.07, 6.45) is 3.20. The van der Waals surface area contributed by atoms with E-state index < -0.39 is 0 Å². The van der Waals surface area contributed by atoms with Gasteiger partial charge in [0, 0.05) is 11.6 Å². The second-order valence-corrected chi connectivity index (χ2v) is 5.30. The van der Waals surface area contributed by atoms with Crippen LogP contribution in [0.4, 0.5) is 0 Å². The van der Waals surface area contributed by atoms with Gasteiger partial charge in [-0.3, -0.25) is 4.79 Å². The molecule has 0 N–H and O–H groups in total. The molecule has 0 aromatic heterocycles. The summed E-state index contributed by atoms with van der Waals surface area (Å²) in [5.74, 6) is 2.14. The van der Waals surface area contributed by atoms with E-state index in [1.807, 2.05) is 19.1 Å². The Hall–Kier alpha value is -2.95. The molecule has 0 fully saturated rings. The number of aryl methyl sites for hydroxylation is 1. The number of ether oxygens (including phenoxy) is 4. The fourth-order valence-corrected chi connectivity index (χ4v) is 2.61. The highest BCUT2D eigenvalue weighted by atomic mass is 16.5. The molecule has 0 radical (unpaired) electrons. The lowest BCUT2D eigenvalue weighted by atomic mass is 10.0. The highest BCUT2D eigenvalue weighted by molar-refractivity contribution is 6.10. The van der Waals surface area contributed by atoms with Crippen molar-refractivity contribution in [3.05, 3.63) is 53.1 Å². The Morgan fingerprint density at radius 3 is 2.24 bits per heavy atom. The Labute approximate surface area is 147 Å². The zero-order valence-corrected chi connectivity index (χ0v) is 15.1. The van der Waals surface area contributed by atoms with Crippen LogP contribution >= 0.6 is 0 Å². The minimum atomic E-state index is -0.165. The van der Waals surface area contributed by atoms with E-state index in [9.17, 15) is 4.79 Å². The molecule has 0 unspecified atom stereocenters. The van der Waals surface area contributed by atoms with E-state index >= 15 is 0 Å². The normalized spacial score (nSPS) is 10.6. The van der Waals surface area contributed by atoms with Crippen LogP contribution in [0, 0.1) is 6.92 Å². The number of ketones is 1. The molecule has 2 aromatic rings. The van der Waals surface area contributed by atoms with Gasteiger partial charge in [-0.05, 0) is 36.8 Å². The zero-order valence-electron chi connectivity index (χ0n) is 15.1. The van der Waals surface area contributed by atoms with Crippen molar-refractivity contribution in [1.82, 2.24) is 0 Å². The Morgan fingerprint density at radius 1 is 0.920 bits per heavy atom. The predicted molar refractivity (Wildman–Crippen MR) is 97.2 cm³/mol. The van der Waals surface area contributed by atoms with Crippen molar-refractivity contribution in [2.24, 2.45) is 0 Å². The first-order valence-electron chi connectivity index (χ1n) is 7.71. The van der Waals surface area contributed by atoms with E-state index in [1.165, 1.54) is 13.2 Å². The third kappa shape index (κ3) is 3.94. The molecule has 0 aliphatic carbocycles. The van der Waals surface area contributed by atoms with Crippen LogP contribution in [0.1, 0.15) is 21.5 Å². The minimum Gasteiger partial charge on any atom is -0.497 e. The van der Waals surface area contributed by atoms with E-state index in [4.69, 9.17) is 18.9 Å². The third-order valence-corrected chi connectivity index (χ3v) is 3.82. The van der Waals surface area contributed by atoms with Gasteiger partial charge in [0.05, 0.1) is 34.0 Å². The van der Waals surface area contributed by atoms with Crippen molar-refractivity contribution >= 4 is 11.9 Å². The molecule has 0 aliphatic heterocycles. The van der Waals surface area contributed by atoms with Gasteiger partial charge in [0.25, 0.3) is 0 Å². The van der Waals surface area contributed by atoms with E-state index in [0.717, 1.165) is 11.1 Å². The van der Waals surface area contributed by atoms with Crippen LogP contribution in [0.3, 0.4) is 0 Å². The molecule has 0 amide bonds. The molecular formula is C20H22O5. The molecule has 0 spiro atoms. The van der Waals surface area contributed by atoms with Gasteiger partial charge in [-0.15, -0.1) is 0 Å². The Bertz CT molecular complexity index is 793. The van der Waals surface area contributed by atoms with Gasteiger partial charge in [0.1, 0.15) is 11.5 Å². The second kappa shape index (κ2) is 8.24. The van der Waals surface area contributed by atoms with E-state index in [1.54, 1.807) is 45.6 Å². The van der Waals surface area contributed by atoms with Crippen molar-refractivity contribution in [3.63, 3.8) is 0 Å². The Morgan fingerprint density at radius 2 is 1.64 bits per heavy atom. The highest BCUT2D eigenvalue weighted by Crippen LogP contribution is 2.32. The third-order valence-electron chi connectivity index (χ3n) is 3.82. The van der Waals surface area contributed by atoms with Crippen molar-refractivity contribution in [3.8, 4) is 23.0 Å². The average Bonchev–Trinajstić information content (AvgIpc) is 2.64. The quantitative estimate of drug-likeness (QED) is 0.564. The lowest BCUT2D eigenvalue weighted by Gasteiger charge is -2.12. The summed E-state index contributed by atoms with van der Waals surface area (Å²) in [6.45, 7) is 1.85. The van der Waals surface area contributed by atoms with Crippen LogP contribution in [0.25, 0.3) is 6.08 Å². The number of benzene rings is 2. The number of hydrogen-bond donors (Lipinski definition) is 0. The average molecular weight is 342 g/mol. The van der Waals surface area contributed by atoms with E-state index in [0.29, 0.717) is 28.6 Å². The van der Waals surface area contributed by atoms with Gasteiger partial charge in [-0.1, -0.05) is 12.1 Å². The fourth-order valence-electron chi connectivity index (χ4n) is 2.61. The molecule has 0 aliphatic rings. The van der Waals surface area contributed by atoms with Gasteiger partial charge in [-0.2, -0.15) is 0 Å². The number of allylic oxidation sites excluding steroid dienone is 1. The van der Waals surface area contributed by atoms with Gasteiger partial charge < -0.3 is 18.9 Å². The monoisotopic (exact) mass is 342 g/mol. The summed E-state index contributed by atoms with van der Waals surface area (Å²) in [5.41, 5.74) is 2.03. The Kier molecular flexibility index (Phi) is 6.06. The van der Waals surface area contributed by atoms with Crippen molar-refractivity contribution in [2.45, 2.75) is 6.92 Å². The van der Waals surface area contributed by atoms with Crippen molar-refractivity contribution in [2.75, 3.05) is 28.4 Å². The summed E-state index contributed by atoms with van der Waals surface area (Å²) in [7, 11) is 6.24. The number of methoxy groups -OCH3 is 4. The topological polar surface area (TPSA) is 54.0 Å². The minimum absolute atomic E-state index is 0.165. The van der Waals surface area contributed by atoms with Crippen LogP contribution in [-0.4, -0.2) is 34.2 Å².